The van der Waals surface area contributed by atoms with Gasteiger partial charge in [-0.15, -0.1) is 0 Å². The van der Waals surface area contributed by atoms with Gasteiger partial charge in [-0.25, -0.2) is 0 Å². The Bertz CT molecular complexity index is 363. The summed E-state index contributed by atoms with van der Waals surface area (Å²) in [6.45, 7) is 8.43. The van der Waals surface area contributed by atoms with Crippen LogP contribution in [0.1, 0.15) is 47.0 Å². The summed E-state index contributed by atoms with van der Waals surface area (Å²) in [5.41, 5.74) is -0.473. The highest BCUT2D eigenvalue weighted by atomic mass is 16.6. The third-order valence-electron chi connectivity index (χ3n) is 5.08. The molecule has 0 aromatic rings. The van der Waals surface area contributed by atoms with Gasteiger partial charge in [-0.2, -0.15) is 0 Å². The predicted octanol–water partition coefficient (Wildman–Crippen LogP) is 2.55. The van der Waals surface area contributed by atoms with Gasteiger partial charge in [-0.1, -0.05) is 13.8 Å². The summed E-state index contributed by atoms with van der Waals surface area (Å²) < 4.78 is 10.9. The molecule has 0 radical (unpaired) electrons. The Balaban J connectivity index is 2.07. The van der Waals surface area contributed by atoms with E-state index in [9.17, 15) is 9.59 Å². The van der Waals surface area contributed by atoms with Crippen molar-refractivity contribution in [1.29, 1.82) is 0 Å². The molecule has 2 saturated carbocycles. The molecule has 0 N–H and O–H groups in total. The predicted molar refractivity (Wildman–Crippen MR) is 70.3 cm³/mol. The second kappa shape index (κ2) is 5.14. The van der Waals surface area contributed by atoms with Crippen LogP contribution in [0.15, 0.2) is 0 Å². The number of hydrogen-bond donors (Lipinski definition) is 0. The van der Waals surface area contributed by atoms with Gasteiger partial charge < -0.3 is 9.47 Å². The van der Waals surface area contributed by atoms with Crippen molar-refractivity contribution in [3.05, 3.63) is 0 Å². The molecule has 2 bridgehead atoms. The molecule has 0 spiro atoms. The van der Waals surface area contributed by atoms with Crippen LogP contribution in [-0.2, 0) is 19.1 Å². The van der Waals surface area contributed by atoms with Crippen LogP contribution in [0.3, 0.4) is 0 Å². The maximum Gasteiger partial charge on any atom is 0.311 e. The average Bonchev–Trinajstić information content (AvgIpc) is 2.88. The zero-order valence-electron chi connectivity index (χ0n) is 12.2. The first-order valence-electron chi connectivity index (χ1n) is 7.21. The fourth-order valence-electron chi connectivity index (χ4n) is 3.40. The summed E-state index contributed by atoms with van der Waals surface area (Å²) in [5, 5.41) is 0. The maximum absolute atomic E-state index is 12.2. The SMILES string of the molecule is CCC(C)(C)C(=O)OC1C2CC(C)C(C2)C1OC=O. The van der Waals surface area contributed by atoms with Crippen LogP contribution in [0.25, 0.3) is 0 Å². The van der Waals surface area contributed by atoms with Crippen molar-refractivity contribution in [2.45, 2.75) is 59.2 Å². The molecule has 5 unspecified atom stereocenters. The Labute approximate surface area is 114 Å². The van der Waals surface area contributed by atoms with Crippen molar-refractivity contribution in [3.8, 4) is 0 Å². The average molecular weight is 268 g/mol. The van der Waals surface area contributed by atoms with E-state index in [2.05, 4.69) is 6.92 Å². The zero-order valence-corrected chi connectivity index (χ0v) is 12.2. The number of ether oxygens (including phenoxy) is 2. The quantitative estimate of drug-likeness (QED) is 0.568. The first-order valence-corrected chi connectivity index (χ1v) is 7.21. The van der Waals surface area contributed by atoms with Gasteiger partial charge in [0.2, 0.25) is 0 Å². The lowest BCUT2D eigenvalue weighted by Gasteiger charge is -2.34. The van der Waals surface area contributed by atoms with E-state index in [1.807, 2.05) is 20.8 Å². The third-order valence-corrected chi connectivity index (χ3v) is 5.08. The summed E-state index contributed by atoms with van der Waals surface area (Å²) in [4.78, 5) is 22.9. The van der Waals surface area contributed by atoms with E-state index in [0.29, 0.717) is 24.2 Å². The highest BCUT2D eigenvalue weighted by molar-refractivity contribution is 5.76. The highest BCUT2D eigenvalue weighted by Gasteiger charge is 2.55. The molecule has 2 aliphatic carbocycles. The van der Waals surface area contributed by atoms with Crippen LogP contribution in [0.4, 0.5) is 0 Å². The normalized spacial score (nSPS) is 37.2. The smallest absolute Gasteiger partial charge is 0.311 e. The molecule has 2 aliphatic rings. The Kier molecular flexibility index (Phi) is 3.88. The Hall–Kier alpha value is -1.06. The van der Waals surface area contributed by atoms with Crippen molar-refractivity contribution >= 4 is 12.4 Å². The van der Waals surface area contributed by atoms with E-state index in [1.54, 1.807) is 0 Å². The van der Waals surface area contributed by atoms with E-state index in [1.165, 1.54) is 0 Å². The highest BCUT2D eigenvalue weighted by Crippen LogP contribution is 2.51. The van der Waals surface area contributed by atoms with Gasteiger partial charge in [-0.05, 0) is 39.0 Å². The summed E-state index contributed by atoms with van der Waals surface area (Å²) in [6, 6.07) is 0. The number of fused-ring (bicyclic) bond motifs is 2. The van der Waals surface area contributed by atoms with Crippen molar-refractivity contribution in [2.24, 2.45) is 23.2 Å². The molecule has 4 nitrogen and oxygen atoms in total. The third kappa shape index (κ3) is 2.49. The molecule has 2 rings (SSSR count). The Morgan fingerprint density at radius 2 is 2.00 bits per heavy atom. The summed E-state index contributed by atoms with van der Waals surface area (Å²) in [5.74, 6) is 1.06. The largest absolute Gasteiger partial charge is 0.460 e. The minimum absolute atomic E-state index is 0.181. The van der Waals surface area contributed by atoms with Gasteiger partial charge in [0.25, 0.3) is 6.47 Å². The lowest BCUT2D eigenvalue weighted by molar-refractivity contribution is -0.175. The van der Waals surface area contributed by atoms with E-state index in [0.717, 1.165) is 19.3 Å². The van der Waals surface area contributed by atoms with Crippen molar-refractivity contribution in [1.82, 2.24) is 0 Å². The van der Waals surface area contributed by atoms with Crippen molar-refractivity contribution < 1.29 is 19.1 Å². The molecule has 0 amide bonds. The molecule has 0 aromatic heterocycles. The molecular formula is C15H24O4. The minimum Gasteiger partial charge on any atom is -0.460 e. The van der Waals surface area contributed by atoms with Crippen LogP contribution >= 0.6 is 0 Å². The van der Waals surface area contributed by atoms with Crippen LogP contribution in [0.5, 0.6) is 0 Å². The fourth-order valence-corrected chi connectivity index (χ4v) is 3.40. The monoisotopic (exact) mass is 268 g/mol. The van der Waals surface area contributed by atoms with Crippen LogP contribution in [-0.4, -0.2) is 24.6 Å². The number of esters is 1. The fraction of sp³-hybridized carbons (Fsp3) is 0.867. The molecular weight excluding hydrogens is 244 g/mol. The molecule has 0 aliphatic heterocycles. The van der Waals surface area contributed by atoms with Gasteiger partial charge in [0, 0.05) is 11.8 Å². The van der Waals surface area contributed by atoms with Crippen LogP contribution < -0.4 is 0 Å². The number of carbonyl (C=O) groups is 2. The summed E-state index contributed by atoms with van der Waals surface area (Å²) >= 11 is 0. The van der Waals surface area contributed by atoms with Gasteiger partial charge in [0.15, 0.2) is 0 Å². The zero-order chi connectivity index (χ0) is 14.2. The van der Waals surface area contributed by atoms with Crippen molar-refractivity contribution in [2.75, 3.05) is 0 Å². The topological polar surface area (TPSA) is 52.6 Å². The van der Waals surface area contributed by atoms with E-state index >= 15 is 0 Å². The van der Waals surface area contributed by atoms with Crippen molar-refractivity contribution in [3.63, 3.8) is 0 Å². The standard InChI is InChI=1S/C15H24O4/c1-5-15(3,4)14(17)19-12-10-6-9(2)11(7-10)13(12)18-8-16/h8-13H,5-7H2,1-4H3. The van der Waals surface area contributed by atoms with Gasteiger partial charge in [0.1, 0.15) is 12.2 Å². The molecule has 0 aromatic carbocycles. The molecule has 5 atom stereocenters. The maximum atomic E-state index is 12.2. The minimum atomic E-state index is -0.473. The number of hydrogen-bond acceptors (Lipinski definition) is 4. The number of rotatable bonds is 5. The van der Waals surface area contributed by atoms with Gasteiger partial charge >= 0.3 is 5.97 Å². The first-order chi connectivity index (χ1) is 8.90. The lowest BCUT2D eigenvalue weighted by Crippen LogP contribution is -2.43. The lowest BCUT2D eigenvalue weighted by atomic mass is 9.85. The summed E-state index contributed by atoms with van der Waals surface area (Å²) in [6.07, 6.45) is 2.31. The Morgan fingerprint density at radius 1 is 1.32 bits per heavy atom. The Morgan fingerprint density at radius 3 is 2.58 bits per heavy atom. The second-order valence-corrected chi connectivity index (χ2v) is 6.68. The van der Waals surface area contributed by atoms with E-state index < -0.39 is 5.41 Å². The molecule has 2 fully saturated rings. The number of carbonyl (C=O) groups excluding carboxylic acids is 2. The summed E-state index contributed by atoms with van der Waals surface area (Å²) in [7, 11) is 0. The molecule has 0 heterocycles. The molecule has 108 valence electrons. The second-order valence-electron chi connectivity index (χ2n) is 6.68. The van der Waals surface area contributed by atoms with Gasteiger partial charge in [0.05, 0.1) is 5.41 Å². The van der Waals surface area contributed by atoms with Crippen LogP contribution in [0.2, 0.25) is 0 Å². The van der Waals surface area contributed by atoms with Crippen LogP contribution in [0, 0.1) is 23.2 Å². The molecule has 0 saturated heterocycles. The van der Waals surface area contributed by atoms with Gasteiger partial charge in [-0.3, -0.25) is 9.59 Å². The van der Waals surface area contributed by atoms with E-state index in [4.69, 9.17) is 9.47 Å². The molecule has 19 heavy (non-hydrogen) atoms. The van der Waals surface area contributed by atoms with E-state index in [-0.39, 0.29) is 18.2 Å². The molecule has 4 heteroatoms. The first kappa shape index (κ1) is 14.4.